The molecule has 0 saturated carbocycles. The maximum absolute atomic E-state index is 14.9. The molecule has 27 heavy (non-hydrogen) atoms. The van der Waals surface area contributed by atoms with Gasteiger partial charge in [0.2, 0.25) is 0 Å². The molecule has 1 heterocycles. The second-order valence-electron chi connectivity index (χ2n) is 7.20. The molecule has 1 fully saturated rings. The summed E-state index contributed by atoms with van der Waals surface area (Å²) in [5, 5.41) is 0. The molecule has 5 heteroatoms. The van der Waals surface area contributed by atoms with Gasteiger partial charge in [-0.25, -0.2) is 4.39 Å². The van der Waals surface area contributed by atoms with Crippen LogP contribution in [0, 0.1) is 5.82 Å². The SMILES string of the molecule is COc1cc2c(cc1OC)C(=O)c1cc(F)c(N3CCCCC3)cc1CC2. The van der Waals surface area contributed by atoms with Gasteiger partial charge in [-0.1, -0.05) is 0 Å². The normalized spacial score (nSPS) is 16.4. The van der Waals surface area contributed by atoms with Crippen molar-refractivity contribution in [3.05, 3.63) is 52.3 Å². The van der Waals surface area contributed by atoms with Crippen LogP contribution in [0.5, 0.6) is 11.5 Å². The Bertz CT molecular complexity index is 888. The number of carbonyl (C=O) groups excluding carboxylic acids is 1. The molecule has 0 radical (unpaired) electrons. The first-order valence-corrected chi connectivity index (χ1v) is 9.49. The van der Waals surface area contributed by atoms with Gasteiger partial charge in [0.1, 0.15) is 5.82 Å². The van der Waals surface area contributed by atoms with E-state index < -0.39 is 0 Å². The number of hydrogen-bond donors (Lipinski definition) is 0. The zero-order valence-corrected chi connectivity index (χ0v) is 15.8. The summed E-state index contributed by atoms with van der Waals surface area (Å²) in [5.74, 6) is 0.657. The lowest BCUT2D eigenvalue weighted by atomic mass is 9.97. The van der Waals surface area contributed by atoms with E-state index >= 15 is 0 Å². The number of methoxy groups -OCH3 is 2. The van der Waals surface area contributed by atoms with Crippen LogP contribution in [0.2, 0.25) is 0 Å². The summed E-state index contributed by atoms with van der Waals surface area (Å²) in [6.45, 7) is 1.75. The van der Waals surface area contributed by atoms with Crippen molar-refractivity contribution >= 4 is 11.5 Å². The largest absolute Gasteiger partial charge is 0.493 e. The van der Waals surface area contributed by atoms with E-state index in [2.05, 4.69) is 4.90 Å². The molecule has 2 aromatic carbocycles. The van der Waals surface area contributed by atoms with Crippen molar-refractivity contribution in [1.82, 2.24) is 0 Å². The van der Waals surface area contributed by atoms with Gasteiger partial charge in [-0.15, -0.1) is 0 Å². The molecule has 142 valence electrons. The number of aryl methyl sites for hydroxylation is 2. The molecule has 0 amide bonds. The van der Waals surface area contributed by atoms with Gasteiger partial charge in [-0.05, 0) is 67.5 Å². The van der Waals surface area contributed by atoms with Crippen LogP contribution in [0.15, 0.2) is 24.3 Å². The second-order valence-corrected chi connectivity index (χ2v) is 7.20. The average molecular weight is 369 g/mol. The van der Waals surface area contributed by atoms with Crippen molar-refractivity contribution in [2.24, 2.45) is 0 Å². The summed E-state index contributed by atoms with van der Waals surface area (Å²) in [7, 11) is 3.13. The fourth-order valence-corrected chi connectivity index (χ4v) is 4.15. The highest BCUT2D eigenvalue weighted by Crippen LogP contribution is 2.36. The van der Waals surface area contributed by atoms with Crippen LogP contribution in [0.3, 0.4) is 0 Å². The third-order valence-electron chi connectivity index (χ3n) is 5.63. The minimum atomic E-state index is -0.312. The van der Waals surface area contributed by atoms with Crippen LogP contribution in [0.4, 0.5) is 10.1 Å². The zero-order chi connectivity index (χ0) is 19.0. The Hall–Kier alpha value is -2.56. The van der Waals surface area contributed by atoms with E-state index in [1.807, 2.05) is 12.1 Å². The van der Waals surface area contributed by atoms with E-state index in [0.717, 1.165) is 37.1 Å². The smallest absolute Gasteiger partial charge is 0.193 e. The lowest BCUT2D eigenvalue weighted by Gasteiger charge is -2.29. The Morgan fingerprint density at radius 2 is 1.44 bits per heavy atom. The molecule has 4 rings (SSSR count). The molecule has 0 aromatic heterocycles. The molecular weight excluding hydrogens is 345 g/mol. The van der Waals surface area contributed by atoms with E-state index in [1.165, 1.54) is 12.5 Å². The molecule has 4 nitrogen and oxygen atoms in total. The Labute approximate surface area is 158 Å². The zero-order valence-electron chi connectivity index (χ0n) is 15.8. The van der Waals surface area contributed by atoms with Crippen LogP contribution >= 0.6 is 0 Å². The molecule has 0 N–H and O–H groups in total. The van der Waals surface area contributed by atoms with Gasteiger partial charge < -0.3 is 14.4 Å². The molecule has 2 aliphatic rings. The lowest BCUT2D eigenvalue weighted by Crippen LogP contribution is -2.30. The first-order valence-electron chi connectivity index (χ1n) is 9.49. The number of fused-ring (bicyclic) bond motifs is 2. The van der Waals surface area contributed by atoms with Crippen LogP contribution in [0.25, 0.3) is 0 Å². The number of ether oxygens (including phenoxy) is 2. The third kappa shape index (κ3) is 3.15. The number of nitrogens with zero attached hydrogens (tertiary/aromatic N) is 1. The fourth-order valence-electron chi connectivity index (χ4n) is 4.15. The van der Waals surface area contributed by atoms with Crippen LogP contribution in [-0.4, -0.2) is 33.1 Å². The first-order chi connectivity index (χ1) is 13.1. The van der Waals surface area contributed by atoms with Crippen molar-refractivity contribution < 1.29 is 18.7 Å². The van der Waals surface area contributed by atoms with E-state index in [1.54, 1.807) is 20.3 Å². The minimum absolute atomic E-state index is 0.150. The number of halogens is 1. The van der Waals surface area contributed by atoms with Crippen molar-refractivity contribution in [3.63, 3.8) is 0 Å². The Balaban J connectivity index is 1.77. The van der Waals surface area contributed by atoms with Crippen LogP contribution in [-0.2, 0) is 12.8 Å². The van der Waals surface area contributed by atoms with Gasteiger partial charge in [-0.3, -0.25) is 4.79 Å². The predicted molar refractivity (Wildman–Crippen MR) is 103 cm³/mol. The first kappa shape index (κ1) is 17.8. The van der Waals surface area contributed by atoms with E-state index in [9.17, 15) is 9.18 Å². The number of anilines is 1. The molecular formula is C22H24FNO3. The fraction of sp³-hybridized carbons (Fsp3) is 0.409. The highest BCUT2D eigenvalue weighted by Gasteiger charge is 2.26. The minimum Gasteiger partial charge on any atom is -0.493 e. The van der Waals surface area contributed by atoms with Gasteiger partial charge >= 0.3 is 0 Å². The summed E-state index contributed by atoms with van der Waals surface area (Å²) in [5.41, 5.74) is 3.48. The van der Waals surface area contributed by atoms with E-state index in [4.69, 9.17) is 9.47 Å². The molecule has 1 saturated heterocycles. The maximum Gasteiger partial charge on any atom is 0.193 e. The summed E-state index contributed by atoms with van der Waals surface area (Å²) < 4.78 is 25.6. The Morgan fingerprint density at radius 3 is 2.11 bits per heavy atom. The third-order valence-corrected chi connectivity index (χ3v) is 5.63. The monoisotopic (exact) mass is 369 g/mol. The molecule has 0 spiro atoms. The lowest BCUT2D eigenvalue weighted by molar-refractivity contribution is 0.103. The number of ketones is 1. The number of carbonyl (C=O) groups is 1. The quantitative estimate of drug-likeness (QED) is 0.814. The molecule has 0 atom stereocenters. The van der Waals surface area contributed by atoms with Crippen molar-refractivity contribution in [1.29, 1.82) is 0 Å². The van der Waals surface area contributed by atoms with Crippen molar-refractivity contribution in [3.8, 4) is 11.5 Å². The van der Waals surface area contributed by atoms with Crippen molar-refractivity contribution in [2.45, 2.75) is 32.1 Å². The number of piperidine rings is 1. The summed E-state index contributed by atoms with van der Waals surface area (Å²) in [6, 6.07) is 6.88. The predicted octanol–water partition coefficient (Wildman–Crippen LogP) is 4.16. The number of benzene rings is 2. The van der Waals surface area contributed by atoms with Gasteiger partial charge in [-0.2, -0.15) is 0 Å². The van der Waals surface area contributed by atoms with Crippen LogP contribution < -0.4 is 14.4 Å². The second kappa shape index (κ2) is 7.22. The van der Waals surface area contributed by atoms with Crippen LogP contribution in [0.1, 0.15) is 46.3 Å². The molecule has 1 aliphatic carbocycles. The average Bonchev–Trinajstić information content (AvgIpc) is 2.83. The Kier molecular flexibility index (Phi) is 4.77. The van der Waals surface area contributed by atoms with Gasteiger partial charge in [0.05, 0.1) is 19.9 Å². The highest BCUT2D eigenvalue weighted by atomic mass is 19.1. The molecule has 0 bridgehead atoms. The summed E-state index contributed by atoms with van der Waals surface area (Å²) in [4.78, 5) is 15.3. The number of hydrogen-bond acceptors (Lipinski definition) is 4. The molecule has 0 unspecified atom stereocenters. The van der Waals surface area contributed by atoms with Crippen molar-refractivity contribution in [2.75, 3.05) is 32.2 Å². The topological polar surface area (TPSA) is 38.8 Å². The maximum atomic E-state index is 14.9. The highest BCUT2D eigenvalue weighted by molar-refractivity contribution is 6.12. The summed E-state index contributed by atoms with van der Waals surface area (Å²) >= 11 is 0. The van der Waals surface area contributed by atoms with Gasteiger partial charge in [0.15, 0.2) is 17.3 Å². The van der Waals surface area contributed by atoms with E-state index in [-0.39, 0.29) is 11.6 Å². The Morgan fingerprint density at radius 1 is 0.852 bits per heavy atom. The van der Waals surface area contributed by atoms with Gasteiger partial charge in [0, 0.05) is 24.2 Å². The molecule has 1 aliphatic heterocycles. The summed E-state index contributed by atoms with van der Waals surface area (Å²) in [6.07, 6.45) is 4.77. The van der Waals surface area contributed by atoms with Gasteiger partial charge in [0.25, 0.3) is 0 Å². The van der Waals surface area contributed by atoms with E-state index in [0.29, 0.717) is 41.2 Å². The number of rotatable bonds is 3. The standard InChI is InChI=1S/C22H24FNO3/c1-26-20-11-15-7-6-14-10-19(24-8-4-3-5-9-24)18(23)12-16(14)22(25)17(15)13-21(20)27-2/h10-13H,3-9H2,1-2H3. The molecule has 2 aromatic rings.